The van der Waals surface area contributed by atoms with Crippen LogP contribution in [-0.2, 0) is 0 Å². The number of hydrogen-bond acceptors (Lipinski definition) is 5. The second kappa shape index (κ2) is 6.87. The molecule has 1 N–H and O–H groups in total. The molecular formula is C15H18BrNO4. The molecule has 0 radical (unpaired) electrons. The van der Waals surface area contributed by atoms with Crippen LogP contribution < -0.4 is 19.5 Å². The molecule has 0 aliphatic heterocycles. The highest BCUT2D eigenvalue weighted by atomic mass is 79.9. The first kappa shape index (κ1) is 15.7. The molecule has 1 aromatic carbocycles. The van der Waals surface area contributed by atoms with Gasteiger partial charge < -0.3 is 23.9 Å². The second-order valence-corrected chi connectivity index (χ2v) is 5.07. The van der Waals surface area contributed by atoms with Gasteiger partial charge in [-0.05, 0) is 47.2 Å². The van der Waals surface area contributed by atoms with E-state index in [1.165, 1.54) is 0 Å². The summed E-state index contributed by atoms with van der Waals surface area (Å²) in [5.74, 6) is 2.57. The van der Waals surface area contributed by atoms with E-state index in [9.17, 15) is 0 Å². The minimum atomic E-state index is -0.161. The third-order valence-corrected chi connectivity index (χ3v) is 3.64. The molecule has 6 heteroatoms. The standard InChI is InChI=1S/C15H18BrNO4/c1-17-13(10-7-8-12(16)21-10)9-5-6-11(18-2)15(20-4)14(9)19-3/h5-8,13,17H,1-4H3. The number of hydrogen-bond donors (Lipinski definition) is 1. The van der Waals surface area contributed by atoms with Gasteiger partial charge in [0, 0.05) is 5.56 Å². The number of nitrogens with one attached hydrogen (secondary N) is 1. The fraction of sp³-hybridized carbons (Fsp3) is 0.333. The van der Waals surface area contributed by atoms with Crippen molar-refractivity contribution in [3.63, 3.8) is 0 Å². The molecule has 0 saturated heterocycles. The molecule has 0 aliphatic rings. The zero-order valence-corrected chi connectivity index (χ0v) is 14.0. The highest BCUT2D eigenvalue weighted by molar-refractivity contribution is 9.10. The van der Waals surface area contributed by atoms with Crippen LogP contribution in [0.25, 0.3) is 0 Å². The van der Waals surface area contributed by atoms with Crippen molar-refractivity contribution in [3.8, 4) is 17.2 Å². The Labute approximate surface area is 132 Å². The molecule has 0 fully saturated rings. The van der Waals surface area contributed by atoms with Crippen molar-refractivity contribution < 1.29 is 18.6 Å². The van der Waals surface area contributed by atoms with Gasteiger partial charge in [0.1, 0.15) is 5.76 Å². The average molecular weight is 356 g/mol. The Morgan fingerprint density at radius 3 is 2.19 bits per heavy atom. The monoisotopic (exact) mass is 355 g/mol. The van der Waals surface area contributed by atoms with Crippen LogP contribution in [-0.4, -0.2) is 28.4 Å². The van der Waals surface area contributed by atoms with Gasteiger partial charge in [0.2, 0.25) is 5.75 Å². The van der Waals surface area contributed by atoms with Crippen molar-refractivity contribution in [1.82, 2.24) is 5.32 Å². The summed E-state index contributed by atoms with van der Waals surface area (Å²) in [6, 6.07) is 7.37. The van der Waals surface area contributed by atoms with Gasteiger partial charge in [-0.2, -0.15) is 0 Å². The molecule has 0 amide bonds. The lowest BCUT2D eigenvalue weighted by Crippen LogP contribution is -2.18. The van der Waals surface area contributed by atoms with Crippen molar-refractivity contribution in [2.45, 2.75) is 6.04 Å². The van der Waals surface area contributed by atoms with Crippen LogP contribution in [0.3, 0.4) is 0 Å². The highest BCUT2D eigenvalue weighted by Gasteiger charge is 2.24. The summed E-state index contributed by atoms with van der Waals surface area (Å²) in [5, 5.41) is 3.22. The lowest BCUT2D eigenvalue weighted by atomic mass is 10.0. The summed E-state index contributed by atoms with van der Waals surface area (Å²) >= 11 is 3.32. The summed E-state index contributed by atoms with van der Waals surface area (Å²) in [7, 11) is 6.64. The van der Waals surface area contributed by atoms with Crippen LogP contribution in [0.15, 0.2) is 33.4 Å². The van der Waals surface area contributed by atoms with Gasteiger partial charge >= 0.3 is 0 Å². The highest BCUT2D eigenvalue weighted by Crippen LogP contribution is 2.43. The SMILES string of the molecule is CNC(c1ccc(Br)o1)c1ccc(OC)c(OC)c1OC. The Hall–Kier alpha value is -1.66. The molecule has 21 heavy (non-hydrogen) atoms. The lowest BCUT2D eigenvalue weighted by molar-refractivity contribution is 0.319. The summed E-state index contributed by atoms with van der Waals surface area (Å²) < 4.78 is 22.6. The predicted octanol–water partition coefficient (Wildman–Crippen LogP) is 3.38. The molecular weight excluding hydrogens is 338 g/mol. The number of furan rings is 1. The molecule has 1 unspecified atom stereocenters. The third kappa shape index (κ3) is 3.01. The molecule has 1 heterocycles. The second-order valence-electron chi connectivity index (χ2n) is 4.29. The van der Waals surface area contributed by atoms with Crippen LogP contribution in [0.4, 0.5) is 0 Å². The minimum absolute atomic E-state index is 0.161. The van der Waals surface area contributed by atoms with Gasteiger partial charge in [0.25, 0.3) is 0 Å². The molecule has 0 aliphatic carbocycles. The molecule has 0 spiro atoms. The molecule has 1 atom stereocenters. The number of ether oxygens (including phenoxy) is 3. The van der Waals surface area contributed by atoms with Crippen LogP contribution in [0.1, 0.15) is 17.4 Å². The van der Waals surface area contributed by atoms with E-state index < -0.39 is 0 Å². The van der Waals surface area contributed by atoms with Crippen LogP contribution in [0, 0.1) is 0 Å². The van der Waals surface area contributed by atoms with Gasteiger partial charge in [-0.1, -0.05) is 0 Å². The van der Waals surface area contributed by atoms with E-state index in [-0.39, 0.29) is 6.04 Å². The van der Waals surface area contributed by atoms with Gasteiger partial charge in [0.15, 0.2) is 16.2 Å². The molecule has 2 rings (SSSR count). The number of halogens is 1. The molecule has 2 aromatic rings. The average Bonchev–Trinajstić information content (AvgIpc) is 2.93. The van der Waals surface area contributed by atoms with Crippen molar-refractivity contribution in [2.24, 2.45) is 0 Å². The number of rotatable bonds is 6. The fourth-order valence-electron chi connectivity index (χ4n) is 2.29. The predicted molar refractivity (Wildman–Crippen MR) is 83.4 cm³/mol. The maximum absolute atomic E-state index is 5.65. The first-order chi connectivity index (χ1) is 10.2. The quantitative estimate of drug-likeness (QED) is 0.860. The molecule has 1 aromatic heterocycles. The van der Waals surface area contributed by atoms with Crippen LogP contribution in [0.5, 0.6) is 17.2 Å². The third-order valence-electron chi connectivity index (χ3n) is 3.21. The van der Waals surface area contributed by atoms with E-state index in [0.717, 1.165) is 11.3 Å². The van der Waals surface area contributed by atoms with Crippen molar-refractivity contribution in [2.75, 3.05) is 28.4 Å². The van der Waals surface area contributed by atoms with Crippen LogP contribution in [0.2, 0.25) is 0 Å². The fourth-order valence-corrected chi connectivity index (χ4v) is 2.61. The topological polar surface area (TPSA) is 52.9 Å². The van der Waals surface area contributed by atoms with E-state index >= 15 is 0 Å². The number of benzene rings is 1. The van der Waals surface area contributed by atoms with E-state index in [2.05, 4.69) is 21.2 Å². The van der Waals surface area contributed by atoms with E-state index in [1.54, 1.807) is 21.3 Å². The molecule has 114 valence electrons. The molecule has 5 nitrogen and oxygen atoms in total. The summed E-state index contributed by atoms with van der Waals surface area (Å²) in [6.07, 6.45) is 0. The van der Waals surface area contributed by atoms with E-state index in [0.29, 0.717) is 21.9 Å². The van der Waals surface area contributed by atoms with Gasteiger partial charge in [-0.25, -0.2) is 0 Å². The first-order valence-electron chi connectivity index (χ1n) is 6.37. The van der Waals surface area contributed by atoms with Gasteiger partial charge in [-0.15, -0.1) is 0 Å². The van der Waals surface area contributed by atoms with E-state index in [1.807, 2.05) is 31.3 Å². The Balaban J connectivity index is 2.55. The summed E-state index contributed by atoms with van der Waals surface area (Å²) in [5.41, 5.74) is 0.902. The maximum Gasteiger partial charge on any atom is 0.203 e. The Bertz CT molecular complexity index is 612. The largest absolute Gasteiger partial charge is 0.493 e. The minimum Gasteiger partial charge on any atom is -0.493 e. The van der Waals surface area contributed by atoms with E-state index in [4.69, 9.17) is 18.6 Å². The van der Waals surface area contributed by atoms with Gasteiger partial charge in [-0.3, -0.25) is 0 Å². The van der Waals surface area contributed by atoms with Crippen LogP contribution >= 0.6 is 15.9 Å². The molecule has 0 bridgehead atoms. The summed E-state index contributed by atoms with van der Waals surface area (Å²) in [4.78, 5) is 0. The maximum atomic E-state index is 5.65. The molecule has 0 saturated carbocycles. The van der Waals surface area contributed by atoms with Crippen molar-refractivity contribution in [1.29, 1.82) is 0 Å². The normalized spacial score (nSPS) is 12.0. The lowest BCUT2D eigenvalue weighted by Gasteiger charge is -2.20. The van der Waals surface area contributed by atoms with Crippen molar-refractivity contribution >= 4 is 15.9 Å². The number of methoxy groups -OCH3 is 3. The van der Waals surface area contributed by atoms with Gasteiger partial charge in [0.05, 0.1) is 27.4 Å². The Morgan fingerprint density at radius 2 is 1.71 bits per heavy atom. The first-order valence-corrected chi connectivity index (χ1v) is 7.16. The Morgan fingerprint density at radius 1 is 1.00 bits per heavy atom. The zero-order chi connectivity index (χ0) is 15.4. The smallest absolute Gasteiger partial charge is 0.203 e. The Kier molecular flexibility index (Phi) is 5.14. The zero-order valence-electron chi connectivity index (χ0n) is 12.4. The van der Waals surface area contributed by atoms with Crippen molar-refractivity contribution in [3.05, 3.63) is 40.3 Å². The summed E-state index contributed by atoms with van der Waals surface area (Å²) in [6.45, 7) is 0.